The van der Waals surface area contributed by atoms with Gasteiger partial charge in [-0.2, -0.15) is 0 Å². The van der Waals surface area contributed by atoms with Crippen LogP contribution in [0.2, 0.25) is 0 Å². The van der Waals surface area contributed by atoms with Gasteiger partial charge in [-0.25, -0.2) is 17.6 Å². The third-order valence-electron chi connectivity index (χ3n) is 2.23. The fourth-order valence-electron chi connectivity index (χ4n) is 1.57. The quantitative estimate of drug-likeness (QED) is 0.718. The Morgan fingerprint density at radius 1 is 1.36 bits per heavy atom. The van der Waals surface area contributed by atoms with Gasteiger partial charge in [-0.15, -0.1) is 0 Å². The Bertz CT molecular complexity index is 196. The van der Waals surface area contributed by atoms with Crippen LogP contribution in [-0.2, 0) is 0 Å². The van der Waals surface area contributed by atoms with Gasteiger partial charge in [0.25, 0.3) is 11.8 Å². The predicted molar refractivity (Wildman–Crippen MR) is 44.6 cm³/mol. The van der Waals surface area contributed by atoms with Gasteiger partial charge >= 0.3 is 0 Å². The first-order chi connectivity index (χ1) is 6.35. The zero-order valence-electron chi connectivity index (χ0n) is 7.78. The first kappa shape index (κ1) is 11.7. The van der Waals surface area contributed by atoms with Crippen molar-refractivity contribution in [2.24, 2.45) is 5.73 Å². The highest BCUT2D eigenvalue weighted by Crippen LogP contribution is 2.28. The van der Waals surface area contributed by atoms with Crippen molar-refractivity contribution in [1.82, 2.24) is 4.90 Å². The molecule has 1 aliphatic heterocycles. The Balaban J connectivity index is 2.46. The highest BCUT2D eigenvalue weighted by Gasteiger charge is 2.39. The first-order valence-corrected chi connectivity index (χ1v) is 4.53. The number of hydrogen-bond donors (Lipinski definition) is 1. The van der Waals surface area contributed by atoms with E-state index in [4.69, 9.17) is 5.73 Å². The molecule has 0 aromatic carbocycles. The lowest BCUT2D eigenvalue weighted by Crippen LogP contribution is -2.49. The van der Waals surface area contributed by atoms with Crippen molar-refractivity contribution in [1.29, 1.82) is 0 Å². The summed E-state index contributed by atoms with van der Waals surface area (Å²) in [6, 6.07) is 0. The zero-order chi connectivity index (χ0) is 10.8. The van der Waals surface area contributed by atoms with Gasteiger partial charge in [0.05, 0.1) is 19.6 Å². The number of likely N-dealkylation sites (tertiary alicyclic amines) is 1. The van der Waals surface area contributed by atoms with E-state index >= 15 is 0 Å². The van der Waals surface area contributed by atoms with Gasteiger partial charge in [0.1, 0.15) is 0 Å². The number of rotatable bonds is 3. The van der Waals surface area contributed by atoms with Crippen molar-refractivity contribution in [3.8, 4) is 0 Å². The van der Waals surface area contributed by atoms with E-state index in [1.807, 2.05) is 0 Å². The smallest absolute Gasteiger partial charge is 0.272 e. The fourth-order valence-corrected chi connectivity index (χ4v) is 1.57. The molecular formula is C8H14F4N2. The van der Waals surface area contributed by atoms with Crippen LogP contribution in [-0.4, -0.2) is 42.9 Å². The van der Waals surface area contributed by atoms with Crippen molar-refractivity contribution >= 4 is 0 Å². The Morgan fingerprint density at radius 2 is 2.00 bits per heavy atom. The first-order valence-electron chi connectivity index (χ1n) is 4.53. The van der Waals surface area contributed by atoms with Crippen molar-refractivity contribution < 1.29 is 17.6 Å². The van der Waals surface area contributed by atoms with E-state index in [9.17, 15) is 17.6 Å². The van der Waals surface area contributed by atoms with E-state index in [0.29, 0.717) is 6.54 Å². The van der Waals surface area contributed by atoms with Crippen LogP contribution in [0, 0.1) is 0 Å². The Hall–Kier alpha value is -0.360. The second-order valence-electron chi connectivity index (χ2n) is 3.73. The van der Waals surface area contributed by atoms with Gasteiger partial charge in [-0.3, -0.25) is 4.90 Å². The maximum absolute atomic E-state index is 12.8. The van der Waals surface area contributed by atoms with Crippen LogP contribution >= 0.6 is 0 Å². The third-order valence-corrected chi connectivity index (χ3v) is 2.23. The molecule has 2 N–H and O–H groups in total. The molecule has 1 saturated heterocycles. The Morgan fingerprint density at radius 3 is 2.50 bits per heavy atom. The summed E-state index contributed by atoms with van der Waals surface area (Å²) in [7, 11) is 0. The molecule has 0 bridgehead atoms. The lowest BCUT2D eigenvalue weighted by Gasteiger charge is -2.34. The largest absolute Gasteiger partial charge is 0.325 e. The second-order valence-corrected chi connectivity index (χ2v) is 3.73. The SMILES string of the molecule is NCC(F)(F)CN1CCCC(F)(F)C1. The van der Waals surface area contributed by atoms with E-state index in [2.05, 4.69) is 0 Å². The number of halogens is 4. The summed E-state index contributed by atoms with van der Waals surface area (Å²) in [5.41, 5.74) is 4.83. The summed E-state index contributed by atoms with van der Waals surface area (Å²) in [6.07, 6.45) is 0.0470. The van der Waals surface area contributed by atoms with Crippen molar-refractivity contribution in [2.75, 3.05) is 26.2 Å². The fraction of sp³-hybridized carbons (Fsp3) is 1.00. The lowest BCUT2D eigenvalue weighted by molar-refractivity contribution is -0.0942. The normalized spacial score (nSPS) is 23.8. The molecule has 1 aliphatic rings. The Labute approximate surface area is 80.0 Å². The molecule has 84 valence electrons. The molecule has 2 nitrogen and oxygen atoms in total. The topological polar surface area (TPSA) is 29.3 Å². The average molecular weight is 214 g/mol. The molecule has 0 aromatic rings. The standard InChI is InChI=1S/C8H14F4N2/c9-7(10)2-1-3-14(5-7)6-8(11,12)4-13/h1-6,13H2. The zero-order valence-corrected chi connectivity index (χ0v) is 7.78. The minimum atomic E-state index is -3.06. The number of hydrogen-bond acceptors (Lipinski definition) is 2. The van der Waals surface area contributed by atoms with E-state index in [1.54, 1.807) is 0 Å². The van der Waals surface area contributed by atoms with Crippen LogP contribution in [0.1, 0.15) is 12.8 Å². The molecule has 0 amide bonds. The predicted octanol–water partition coefficient (Wildman–Crippen LogP) is 1.31. The summed E-state index contributed by atoms with van der Waals surface area (Å²) >= 11 is 0. The van der Waals surface area contributed by atoms with E-state index < -0.39 is 31.5 Å². The van der Waals surface area contributed by atoms with Gasteiger partial charge in [-0.05, 0) is 13.0 Å². The van der Waals surface area contributed by atoms with Crippen LogP contribution in [0.4, 0.5) is 17.6 Å². The molecule has 1 heterocycles. The molecule has 0 atom stereocenters. The maximum atomic E-state index is 12.8. The van der Waals surface area contributed by atoms with Crippen LogP contribution in [0.15, 0.2) is 0 Å². The number of alkyl halides is 4. The van der Waals surface area contributed by atoms with Crippen molar-refractivity contribution in [3.63, 3.8) is 0 Å². The van der Waals surface area contributed by atoms with Gasteiger partial charge in [0.2, 0.25) is 0 Å². The van der Waals surface area contributed by atoms with Gasteiger partial charge in [-0.1, -0.05) is 0 Å². The number of nitrogens with zero attached hydrogens (tertiary/aromatic N) is 1. The van der Waals surface area contributed by atoms with E-state index in [1.165, 1.54) is 0 Å². The number of piperidine rings is 1. The molecule has 0 unspecified atom stereocenters. The molecule has 1 fully saturated rings. The van der Waals surface area contributed by atoms with Crippen LogP contribution in [0.5, 0.6) is 0 Å². The van der Waals surface area contributed by atoms with Crippen LogP contribution in [0.25, 0.3) is 0 Å². The molecule has 0 radical (unpaired) electrons. The van der Waals surface area contributed by atoms with Crippen molar-refractivity contribution in [3.05, 3.63) is 0 Å². The Kier molecular flexibility index (Phi) is 3.36. The summed E-state index contributed by atoms with van der Waals surface area (Å²) in [6.45, 7) is -1.75. The van der Waals surface area contributed by atoms with Gasteiger partial charge in [0, 0.05) is 6.42 Å². The molecule has 0 spiro atoms. The lowest BCUT2D eigenvalue weighted by atomic mass is 10.1. The molecule has 0 aliphatic carbocycles. The summed E-state index contributed by atoms with van der Waals surface area (Å²) in [5.74, 6) is -5.89. The highest BCUT2D eigenvalue weighted by molar-refractivity contribution is 4.82. The van der Waals surface area contributed by atoms with Crippen LogP contribution in [0.3, 0.4) is 0 Å². The summed E-state index contributed by atoms with van der Waals surface area (Å²) < 4.78 is 51.2. The summed E-state index contributed by atoms with van der Waals surface area (Å²) in [5, 5.41) is 0. The molecule has 0 saturated carbocycles. The van der Waals surface area contributed by atoms with E-state index in [-0.39, 0.29) is 12.8 Å². The van der Waals surface area contributed by atoms with Crippen molar-refractivity contribution in [2.45, 2.75) is 24.7 Å². The number of nitrogens with two attached hydrogens (primary N) is 1. The minimum absolute atomic E-state index is 0.211. The molecule has 0 aromatic heterocycles. The second kappa shape index (κ2) is 4.02. The highest BCUT2D eigenvalue weighted by atomic mass is 19.3. The third kappa shape index (κ3) is 3.42. The molecule has 14 heavy (non-hydrogen) atoms. The molecule has 1 rings (SSSR count). The monoisotopic (exact) mass is 214 g/mol. The maximum Gasteiger partial charge on any atom is 0.272 e. The van der Waals surface area contributed by atoms with Crippen LogP contribution < -0.4 is 5.73 Å². The van der Waals surface area contributed by atoms with E-state index in [0.717, 1.165) is 4.90 Å². The average Bonchev–Trinajstić information content (AvgIpc) is 2.01. The minimum Gasteiger partial charge on any atom is -0.325 e. The van der Waals surface area contributed by atoms with Gasteiger partial charge in [0.15, 0.2) is 0 Å². The molecule has 6 heteroatoms. The summed E-state index contributed by atoms with van der Waals surface area (Å²) in [4.78, 5) is 1.08. The molecular weight excluding hydrogens is 200 g/mol. The van der Waals surface area contributed by atoms with Gasteiger partial charge < -0.3 is 5.73 Å².